The number of aromatic nitrogens is 2. The Bertz CT molecular complexity index is 617. The van der Waals surface area contributed by atoms with Crippen molar-refractivity contribution in [2.24, 2.45) is 0 Å². The molecule has 0 bridgehead atoms. The predicted octanol–water partition coefficient (Wildman–Crippen LogP) is 1.14. The van der Waals surface area contributed by atoms with Crippen LogP contribution in [0.2, 0.25) is 0 Å². The van der Waals surface area contributed by atoms with E-state index in [1.54, 1.807) is 0 Å². The quantitative estimate of drug-likeness (QED) is 0.776. The van der Waals surface area contributed by atoms with Crippen molar-refractivity contribution >= 4 is 10.9 Å². The summed E-state index contributed by atoms with van der Waals surface area (Å²) in [7, 11) is 0. The summed E-state index contributed by atoms with van der Waals surface area (Å²) in [5.41, 5.74) is 0.229. The van der Waals surface area contributed by atoms with Crippen molar-refractivity contribution in [1.82, 2.24) is 15.3 Å². The zero-order chi connectivity index (χ0) is 11.8. The van der Waals surface area contributed by atoms with Gasteiger partial charge in [-0.15, -0.1) is 0 Å². The molecule has 0 amide bonds. The SMILES string of the molecule is O=c1[nH]c(C2CCNC2)nc2cc(F)ccc12. The Morgan fingerprint density at radius 2 is 2.29 bits per heavy atom. The maximum Gasteiger partial charge on any atom is 0.258 e. The Labute approximate surface area is 96.9 Å². The van der Waals surface area contributed by atoms with E-state index in [1.165, 1.54) is 18.2 Å². The molecule has 1 aliphatic heterocycles. The number of rotatable bonds is 1. The van der Waals surface area contributed by atoms with Gasteiger partial charge in [-0.3, -0.25) is 4.79 Å². The normalized spacial score (nSPS) is 19.9. The van der Waals surface area contributed by atoms with Crippen LogP contribution in [0.25, 0.3) is 10.9 Å². The van der Waals surface area contributed by atoms with Crippen LogP contribution in [0.15, 0.2) is 23.0 Å². The average molecular weight is 233 g/mol. The summed E-state index contributed by atoms with van der Waals surface area (Å²) in [5.74, 6) is 0.500. The van der Waals surface area contributed by atoms with Crippen molar-refractivity contribution in [3.8, 4) is 0 Å². The van der Waals surface area contributed by atoms with Gasteiger partial charge in [-0.2, -0.15) is 0 Å². The number of halogens is 1. The Morgan fingerprint density at radius 1 is 1.41 bits per heavy atom. The number of fused-ring (bicyclic) bond motifs is 1. The topological polar surface area (TPSA) is 57.8 Å². The first-order valence-electron chi connectivity index (χ1n) is 5.64. The number of hydrogen-bond acceptors (Lipinski definition) is 3. The fraction of sp³-hybridized carbons (Fsp3) is 0.333. The molecule has 1 fully saturated rings. The van der Waals surface area contributed by atoms with Gasteiger partial charge in [0.05, 0.1) is 10.9 Å². The minimum atomic E-state index is -0.369. The number of H-pyrrole nitrogens is 1. The lowest BCUT2D eigenvalue weighted by Gasteiger charge is -2.08. The molecule has 4 nitrogen and oxygen atoms in total. The molecule has 5 heteroatoms. The summed E-state index contributed by atoms with van der Waals surface area (Å²) < 4.78 is 13.1. The van der Waals surface area contributed by atoms with Crippen LogP contribution < -0.4 is 10.9 Å². The van der Waals surface area contributed by atoms with E-state index in [9.17, 15) is 9.18 Å². The molecular weight excluding hydrogens is 221 g/mol. The van der Waals surface area contributed by atoms with Gasteiger partial charge in [-0.05, 0) is 25.1 Å². The Hall–Kier alpha value is -1.75. The van der Waals surface area contributed by atoms with E-state index in [-0.39, 0.29) is 17.3 Å². The van der Waals surface area contributed by atoms with E-state index < -0.39 is 0 Å². The van der Waals surface area contributed by atoms with Gasteiger partial charge in [-0.25, -0.2) is 9.37 Å². The Kier molecular flexibility index (Phi) is 2.40. The molecule has 1 atom stereocenters. The molecule has 17 heavy (non-hydrogen) atoms. The molecule has 2 aromatic rings. The van der Waals surface area contributed by atoms with Crippen LogP contribution in [-0.4, -0.2) is 23.1 Å². The van der Waals surface area contributed by atoms with Crippen molar-refractivity contribution in [2.75, 3.05) is 13.1 Å². The number of aromatic amines is 1. The molecule has 1 saturated heterocycles. The maximum absolute atomic E-state index is 13.1. The van der Waals surface area contributed by atoms with Gasteiger partial charge in [0, 0.05) is 18.5 Å². The van der Waals surface area contributed by atoms with Gasteiger partial charge < -0.3 is 10.3 Å². The fourth-order valence-electron chi connectivity index (χ4n) is 2.21. The smallest absolute Gasteiger partial charge is 0.258 e. The van der Waals surface area contributed by atoms with Gasteiger partial charge in [0.25, 0.3) is 5.56 Å². The molecule has 0 radical (unpaired) electrons. The third-order valence-corrected chi connectivity index (χ3v) is 3.13. The van der Waals surface area contributed by atoms with Crippen molar-refractivity contribution < 1.29 is 4.39 Å². The molecule has 0 spiro atoms. The molecular formula is C12H12FN3O. The summed E-state index contributed by atoms with van der Waals surface area (Å²) in [5, 5.41) is 3.65. The Morgan fingerprint density at radius 3 is 3.06 bits per heavy atom. The molecule has 1 aromatic carbocycles. The molecule has 1 aliphatic rings. The first-order chi connectivity index (χ1) is 8.24. The molecule has 1 unspecified atom stereocenters. The van der Waals surface area contributed by atoms with Gasteiger partial charge >= 0.3 is 0 Å². The zero-order valence-corrected chi connectivity index (χ0v) is 9.16. The minimum Gasteiger partial charge on any atom is -0.316 e. The molecule has 88 valence electrons. The monoisotopic (exact) mass is 233 g/mol. The number of nitrogens with one attached hydrogen (secondary N) is 2. The van der Waals surface area contributed by atoms with Crippen LogP contribution in [0.5, 0.6) is 0 Å². The molecule has 2 heterocycles. The van der Waals surface area contributed by atoms with Crippen molar-refractivity contribution in [1.29, 1.82) is 0 Å². The van der Waals surface area contributed by atoms with Crippen LogP contribution in [0, 0.1) is 5.82 Å². The summed E-state index contributed by atoms with van der Waals surface area (Å²) in [6.45, 7) is 1.74. The molecule has 0 saturated carbocycles. The van der Waals surface area contributed by atoms with Crippen molar-refractivity contribution in [3.05, 3.63) is 40.2 Å². The lowest BCUT2D eigenvalue weighted by atomic mass is 10.1. The maximum atomic E-state index is 13.1. The molecule has 0 aliphatic carbocycles. The van der Waals surface area contributed by atoms with E-state index in [2.05, 4.69) is 15.3 Å². The summed E-state index contributed by atoms with van der Waals surface area (Å²) in [6.07, 6.45) is 0.948. The second kappa shape index (κ2) is 3.92. The Balaban J connectivity index is 2.18. The van der Waals surface area contributed by atoms with Gasteiger partial charge in [-0.1, -0.05) is 0 Å². The fourth-order valence-corrected chi connectivity index (χ4v) is 2.21. The van der Waals surface area contributed by atoms with E-state index in [0.29, 0.717) is 16.7 Å². The second-order valence-corrected chi connectivity index (χ2v) is 4.30. The van der Waals surface area contributed by atoms with Crippen LogP contribution in [0.4, 0.5) is 4.39 Å². The van der Waals surface area contributed by atoms with Gasteiger partial charge in [0.2, 0.25) is 0 Å². The standard InChI is InChI=1S/C12H12FN3O/c13-8-1-2-9-10(5-8)15-11(16-12(9)17)7-3-4-14-6-7/h1-2,5,7,14H,3-4,6H2,(H,15,16,17). The zero-order valence-electron chi connectivity index (χ0n) is 9.16. The largest absolute Gasteiger partial charge is 0.316 e. The van der Waals surface area contributed by atoms with E-state index in [1.807, 2.05) is 0 Å². The van der Waals surface area contributed by atoms with Crippen LogP contribution in [0.3, 0.4) is 0 Å². The van der Waals surface area contributed by atoms with E-state index in [4.69, 9.17) is 0 Å². The highest BCUT2D eigenvalue weighted by molar-refractivity contribution is 5.77. The van der Waals surface area contributed by atoms with E-state index in [0.717, 1.165) is 19.5 Å². The summed E-state index contributed by atoms with van der Waals surface area (Å²) in [6, 6.07) is 4.04. The van der Waals surface area contributed by atoms with Crippen LogP contribution >= 0.6 is 0 Å². The molecule has 2 N–H and O–H groups in total. The van der Waals surface area contributed by atoms with Crippen molar-refractivity contribution in [3.63, 3.8) is 0 Å². The van der Waals surface area contributed by atoms with Gasteiger partial charge in [0.15, 0.2) is 0 Å². The lowest BCUT2D eigenvalue weighted by molar-refractivity contribution is 0.628. The lowest BCUT2D eigenvalue weighted by Crippen LogP contribution is -2.16. The second-order valence-electron chi connectivity index (χ2n) is 4.30. The highest BCUT2D eigenvalue weighted by atomic mass is 19.1. The molecule has 1 aromatic heterocycles. The third-order valence-electron chi connectivity index (χ3n) is 3.13. The highest BCUT2D eigenvalue weighted by Crippen LogP contribution is 2.19. The average Bonchev–Trinajstić information content (AvgIpc) is 2.81. The van der Waals surface area contributed by atoms with Gasteiger partial charge in [0.1, 0.15) is 11.6 Å². The summed E-state index contributed by atoms with van der Waals surface area (Å²) in [4.78, 5) is 19.0. The summed E-state index contributed by atoms with van der Waals surface area (Å²) >= 11 is 0. The third kappa shape index (κ3) is 1.82. The van der Waals surface area contributed by atoms with E-state index >= 15 is 0 Å². The first-order valence-corrected chi connectivity index (χ1v) is 5.64. The highest BCUT2D eigenvalue weighted by Gasteiger charge is 2.19. The number of nitrogens with zero attached hydrogens (tertiary/aromatic N) is 1. The van der Waals surface area contributed by atoms with Crippen molar-refractivity contribution in [2.45, 2.75) is 12.3 Å². The minimum absolute atomic E-state index is 0.197. The molecule has 3 rings (SSSR count). The number of benzene rings is 1. The van der Waals surface area contributed by atoms with Crippen LogP contribution in [-0.2, 0) is 0 Å². The van der Waals surface area contributed by atoms with Crippen LogP contribution in [0.1, 0.15) is 18.2 Å². The predicted molar refractivity (Wildman–Crippen MR) is 62.5 cm³/mol. The first kappa shape index (κ1) is 10.4. The number of hydrogen-bond donors (Lipinski definition) is 2.